The zero-order valence-corrected chi connectivity index (χ0v) is 8.32. The smallest absolute Gasteiger partial charge is 0.363 e. The molecule has 0 aliphatic rings. The standard InChI is InChI=1S/C8H8ClF3N2/c1-14(2)7-4-5(8(10,11)12)3-6(9)13-7/h3-4H,1-2H3. The van der Waals surface area contributed by atoms with Gasteiger partial charge in [-0.25, -0.2) is 4.98 Å². The van der Waals surface area contributed by atoms with Crippen LogP contribution in [0.5, 0.6) is 0 Å². The zero-order valence-electron chi connectivity index (χ0n) is 7.56. The largest absolute Gasteiger partial charge is 0.416 e. The Kier molecular flexibility index (Phi) is 2.89. The summed E-state index contributed by atoms with van der Waals surface area (Å²) in [6.45, 7) is 0. The van der Waals surface area contributed by atoms with Crippen LogP contribution in [0.3, 0.4) is 0 Å². The summed E-state index contributed by atoms with van der Waals surface area (Å²) in [6.07, 6.45) is -4.39. The van der Waals surface area contributed by atoms with Crippen LogP contribution in [0.2, 0.25) is 5.15 Å². The van der Waals surface area contributed by atoms with Gasteiger partial charge in [0, 0.05) is 14.1 Å². The molecule has 0 spiro atoms. The zero-order chi connectivity index (χ0) is 10.9. The van der Waals surface area contributed by atoms with Gasteiger partial charge in [-0.15, -0.1) is 0 Å². The number of alkyl halides is 3. The van der Waals surface area contributed by atoms with E-state index in [-0.39, 0.29) is 11.0 Å². The third-order valence-corrected chi connectivity index (χ3v) is 1.76. The summed E-state index contributed by atoms with van der Waals surface area (Å²) in [5, 5.41) is -0.163. The van der Waals surface area contributed by atoms with Crippen LogP contribution in [0, 0.1) is 0 Å². The predicted octanol–water partition coefficient (Wildman–Crippen LogP) is 2.82. The minimum Gasteiger partial charge on any atom is -0.363 e. The summed E-state index contributed by atoms with van der Waals surface area (Å²) in [7, 11) is 3.19. The first kappa shape index (κ1) is 11.1. The highest BCUT2D eigenvalue weighted by Crippen LogP contribution is 2.32. The molecule has 0 N–H and O–H groups in total. The van der Waals surface area contributed by atoms with E-state index in [1.807, 2.05) is 0 Å². The lowest BCUT2D eigenvalue weighted by atomic mass is 10.2. The topological polar surface area (TPSA) is 16.1 Å². The Labute approximate surface area is 84.3 Å². The summed E-state index contributed by atoms with van der Waals surface area (Å²) in [5.41, 5.74) is -0.791. The maximum absolute atomic E-state index is 12.3. The van der Waals surface area contributed by atoms with Gasteiger partial charge >= 0.3 is 6.18 Å². The molecule has 0 amide bonds. The quantitative estimate of drug-likeness (QED) is 0.682. The van der Waals surface area contributed by atoms with Crippen LogP contribution < -0.4 is 4.90 Å². The SMILES string of the molecule is CN(C)c1cc(C(F)(F)F)cc(Cl)n1. The molecule has 0 bridgehead atoms. The molecule has 0 unspecified atom stereocenters. The number of nitrogens with zero attached hydrogens (tertiary/aromatic N) is 2. The third kappa shape index (κ3) is 2.51. The summed E-state index contributed by atoms with van der Waals surface area (Å²) >= 11 is 5.46. The maximum Gasteiger partial charge on any atom is 0.416 e. The Morgan fingerprint density at radius 1 is 1.29 bits per heavy atom. The maximum atomic E-state index is 12.3. The molecule has 78 valence electrons. The fraction of sp³-hybridized carbons (Fsp3) is 0.375. The van der Waals surface area contributed by atoms with Gasteiger partial charge in [-0.05, 0) is 12.1 Å². The first-order valence-corrected chi connectivity index (χ1v) is 4.10. The monoisotopic (exact) mass is 224 g/mol. The second-order valence-corrected chi connectivity index (χ2v) is 3.32. The van der Waals surface area contributed by atoms with Crippen molar-refractivity contribution in [3.8, 4) is 0 Å². The van der Waals surface area contributed by atoms with E-state index in [2.05, 4.69) is 4.98 Å². The van der Waals surface area contributed by atoms with E-state index in [0.29, 0.717) is 0 Å². The number of hydrogen-bond donors (Lipinski definition) is 0. The third-order valence-electron chi connectivity index (χ3n) is 1.57. The second kappa shape index (κ2) is 3.65. The van der Waals surface area contributed by atoms with E-state index in [1.165, 1.54) is 4.90 Å². The van der Waals surface area contributed by atoms with E-state index >= 15 is 0 Å². The van der Waals surface area contributed by atoms with Crippen molar-refractivity contribution in [1.29, 1.82) is 0 Å². The highest BCUT2D eigenvalue weighted by atomic mass is 35.5. The van der Waals surface area contributed by atoms with Crippen molar-refractivity contribution in [3.63, 3.8) is 0 Å². The van der Waals surface area contributed by atoms with E-state index < -0.39 is 11.7 Å². The van der Waals surface area contributed by atoms with Gasteiger partial charge in [0.1, 0.15) is 11.0 Å². The Morgan fingerprint density at radius 3 is 2.29 bits per heavy atom. The molecule has 0 saturated heterocycles. The van der Waals surface area contributed by atoms with Crippen molar-refractivity contribution in [2.75, 3.05) is 19.0 Å². The highest BCUT2D eigenvalue weighted by Gasteiger charge is 2.31. The fourth-order valence-corrected chi connectivity index (χ4v) is 1.08. The summed E-state index contributed by atoms with van der Waals surface area (Å²) in [6, 6.07) is 1.75. The van der Waals surface area contributed by atoms with Crippen LogP contribution in [0.4, 0.5) is 19.0 Å². The molecule has 0 radical (unpaired) electrons. The lowest BCUT2D eigenvalue weighted by Crippen LogP contribution is -2.13. The first-order chi connectivity index (χ1) is 6.30. The molecule has 0 saturated carbocycles. The number of aromatic nitrogens is 1. The van der Waals surface area contributed by atoms with E-state index in [4.69, 9.17) is 11.6 Å². The van der Waals surface area contributed by atoms with Gasteiger partial charge in [0.25, 0.3) is 0 Å². The molecule has 1 aromatic rings. The molecular weight excluding hydrogens is 217 g/mol. The number of hydrogen-bond acceptors (Lipinski definition) is 2. The molecule has 1 aromatic heterocycles. The van der Waals surface area contributed by atoms with Crippen LogP contribution in [0.25, 0.3) is 0 Å². The molecule has 0 aromatic carbocycles. The Bertz CT molecular complexity index is 336. The molecule has 2 nitrogen and oxygen atoms in total. The van der Waals surface area contributed by atoms with E-state index in [0.717, 1.165) is 12.1 Å². The predicted molar refractivity (Wildman–Crippen MR) is 48.6 cm³/mol. The van der Waals surface area contributed by atoms with Crippen LogP contribution >= 0.6 is 11.6 Å². The van der Waals surface area contributed by atoms with Gasteiger partial charge in [0.2, 0.25) is 0 Å². The molecule has 0 atom stereocenters. The number of pyridine rings is 1. The minimum absolute atomic E-state index is 0.163. The second-order valence-electron chi connectivity index (χ2n) is 2.93. The van der Waals surface area contributed by atoms with Crippen molar-refractivity contribution >= 4 is 17.4 Å². The van der Waals surface area contributed by atoms with E-state index in [1.54, 1.807) is 14.1 Å². The molecule has 1 heterocycles. The molecule has 0 fully saturated rings. The highest BCUT2D eigenvalue weighted by molar-refractivity contribution is 6.29. The Morgan fingerprint density at radius 2 is 1.86 bits per heavy atom. The lowest BCUT2D eigenvalue weighted by molar-refractivity contribution is -0.137. The summed E-state index contributed by atoms with van der Waals surface area (Å²) < 4.78 is 36.9. The van der Waals surface area contributed by atoms with Crippen molar-refractivity contribution < 1.29 is 13.2 Å². The number of halogens is 4. The molecule has 0 aliphatic heterocycles. The number of rotatable bonds is 1. The van der Waals surface area contributed by atoms with Crippen molar-refractivity contribution in [2.45, 2.75) is 6.18 Å². The molecule has 14 heavy (non-hydrogen) atoms. The minimum atomic E-state index is -4.39. The van der Waals surface area contributed by atoms with Crippen LogP contribution in [0.15, 0.2) is 12.1 Å². The lowest BCUT2D eigenvalue weighted by Gasteiger charge is -2.14. The average molecular weight is 225 g/mol. The fourth-order valence-electron chi connectivity index (χ4n) is 0.876. The van der Waals surface area contributed by atoms with Crippen LogP contribution in [-0.2, 0) is 6.18 Å². The molecule has 0 aliphatic carbocycles. The average Bonchev–Trinajstić information content (AvgIpc) is 2.01. The van der Waals surface area contributed by atoms with Crippen LogP contribution in [0.1, 0.15) is 5.56 Å². The Hall–Kier alpha value is -0.970. The van der Waals surface area contributed by atoms with Crippen molar-refractivity contribution in [3.05, 3.63) is 22.8 Å². The molecule has 6 heteroatoms. The van der Waals surface area contributed by atoms with Gasteiger partial charge in [0.15, 0.2) is 0 Å². The molecule has 1 rings (SSSR count). The van der Waals surface area contributed by atoms with Gasteiger partial charge < -0.3 is 4.90 Å². The first-order valence-electron chi connectivity index (χ1n) is 3.73. The van der Waals surface area contributed by atoms with Gasteiger partial charge in [-0.1, -0.05) is 11.6 Å². The molecular formula is C8H8ClF3N2. The summed E-state index contributed by atoms with van der Waals surface area (Å²) in [4.78, 5) is 5.20. The van der Waals surface area contributed by atoms with Gasteiger partial charge in [-0.2, -0.15) is 13.2 Å². The number of anilines is 1. The van der Waals surface area contributed by atoms with Crippen LogP contribution in [-0.4, -0.2) is 19.1 Å². The Balaban J connectivity index is 3.21. The van der Waals surface area contributed by atoms with E-state index in [9.17, 15) is 13.2 Å². The van der Waals surface area contributed by atoms with Gasteiger partial charge in [-0.3, -0.25) is 0 Å². The van der Waals surface area contributed by atoms with Crippen molar-refractivity contribution in [2.24, 2.45) is 0 Å². The summed E-state index contributed by atoms with van der Waals surface area (Å²) in [5.74, 6) is 0.185. The normalized spacial score (nSPS) is 11.6. The van der Waals surface area contributed by atoms with Gasteiger partial charge in [0.05, 0.1) is 5.56 Å². The van der Waals surface area contributed by atoms with Crippen molar-refractivity contribution in [1.82, 2.24) is 4.98 Å².